The van der Waals surface area contributed by atoms with Crippen molar-refractivity contribution in [2.24, 2.45) is 5.41 Å². The summed E-state index contributed by atoms with van der Waals surface area (Å²) in [4.78, 5) is 16.4. The molecule has 0 spiro atoms. The third-order valence-electron chi connectivity index (χ3n) is 5.12. The number of nitrogens with one attached hydrogen (secondary N) is 1. The minimum Gasteiger partial charge on any atom is -0.349 e. The Morgan fingerprint density at radius 2 is 2.07 bits per heavy atom. The van der Waals surface area contributed by atoms with E-state index in [1.807, 2.05) is 10.9 Å². The molecule has 1 atom stereocenters. The lowest BCUT2D eigenvalue weighted by atomic mass is 9.74. The van der Waals surface area contributed by atoms with E-state index in [9.17, 15) is 9.18 Å². The number of benzene rings is 1. The van der Waals surface area contributed by atoms with E-state index in [-0.39, 0.29) is 23.2 Å². The van der Waals surface area contributed by atoms with Crippen LogP contribution >= 0.6 is 0 Å². The van der Waals surface area contributed by atoms with Crippen molar-refractivity contribution in [3.8, 4) is 5.69 Å². The van der Waals surface area contributed by atoms with Gasteiger partial charge in [-0.15, -0.1) is 0 Å². The van der Waals surface area contributed by atoms with E-state index >= 15 is 0 Å². The first-order valence-corrected chi connectivity index (χ1v) is 9.36. The summed E-state index contributed by atoms with van der Waals surface area (Å²) in [6.07, 6.45) is 6.88. The lowest BCUT2D eigenvalue weighted by molar-refractivity contribution is -0.122. The van der Waals surface area contributed by atoms with E-state index in [1.54, 1.807) is 23.1 Å². The van der Waals surface area contributed by atoms with Crippen LogP contribution in [0.3, 0.4) is 0 Å². The number of amides is 1. The fourth-order valence-corrected chi connectivity index (χ4v) is 3.81. The van der Waals surface area contributed by atoms with E-state index in [0.717, 1.165) is 29.8 Å². The normalized spacial score (nSPS) is 17.9. The number of carbonyl (C=O) groups excluding carboxylic acids is 1. The fourth-order valence-electron chi connectivity index (χ4n) is 3.81. The van der Waals surface area contributed by atoms with Crippen LogP contribution in [-0.2, 0) is 17.8 Å². The summed E-state index contributed by atoms with van der Waals surface area (Å²) in [5.41, 5.74) is 2.91. The van der Waals surface area contributed by atoms with Gasteiger partial charge in [0.2, 0.25) is 5.91 Å². The Kier molecular flexibility index (Phi) is 4.70. The van der Waals surface area contributed by atoms with Crippen LogP contribution in [0.2, 0.25) is 0 Å². The molecule has 2 aromatic heterocycles. The maximum absolute atomic E-state index is 13.3. The summed E-state index contributed by atoms with van der Waals surface area (Å²) in [7, 11) is 0. The molecule has 146 valence electrons. The number of halogens is 1. The molecule has 0 saturated carbocycles. The van der Waals surface area contributed by atoms with Crippen molar-refractivity contribution in [1.29, 1.82) is 0 Å². The van der Waals surface area contributed by atoms with E-state index in [0.29, 0.717) is 13.0 Å². The van der Waals surface area contributed by atoms with E-state index < -0.39 is 0 Å². The number of rotatable bonds is 5. The summed E-state index contributed by atoms with van der Waals surface area (Å²) >= 11 is 0. The zero-order valence-electron chi connectivity index (χ0n) is 16.0. The molecule has 2 heterocycles. The lowest BCUT2D eigenvalue weighted by Crippen LogP contribution is -2.37. The van der Waals surface area contributed by atoms with Crippen LogP contribution < -0.4 is 5.32 Å². The summed E-state index contributed by atoms with van der Waals surface area (Å²) < 4.78 is 16.8. The first-order chi connectivity index (χ1) is 13.4. The van der Waals surface area contributed by atoms with E-state index in [1.165, 1.54) is 18.5 Å². The highest BCUT2D eigenvalue weighted by Crippen LogP contribution is 2.41. The van der Waals surface area contributed by atoms with Crippen LogP contribution in [-0.4, -0.2) is 30.5 Å². The predicted octanol–water partition coefficient (Wildman–Crippen LogP) is 2.82. The second-order valence-corrected chi connectivity index (χ2v) is 8.01. The second-order valence-electron chi connectivity index (χ2n) is 8.01. The minimum atomic E-state index is -0.275. The maximum atomic E-state index is 13.3. The van der Waals surface area contributed by atoms with E-state index in [4.69, 9.17) is 0 Å². The van der Waals surface area contributed by atoms with Crippen LogP contribution in [0.1, 0.15) is 44.0 Å². The number of carbonyl (C=O) groups is 1. The van der Waals surface area contributed by atoms with Gasteiger partial charge in [0.25, 0.3) is 0 Å². The third-order valence-corrected chi connectivity index (χ3v) is 5.12. The molecule has 0 fully saturated rings. The minimum absolute atomic E-state index is 0.00860. The molecule has 0 unspecified atom stereocenters. The molecule has 1 aliphatic rings. The van der Waals surface area contributed by atoms with Gasteiger partial charge in [-0.3, -0.25) is 9.48 Å². The summed E-state index contributed by atoms with van der Waals surface area (Å²) in [5, 5.41) is 11.7. The third kappa shape index (κ3) is 3.81. The van der Waals surface area contributed by atoms with Gasteiger partial charge in [0.1, 0.15) is 18.5 Å². The van der Waals surface area contributed by atoms with Crippen LogP contribution in [0.25, 0.3) is 5.69 Å². The Balaban J connectivity index is 1.55. The topological polar surface area (TPSA) is 77.6 Å². The Morgan fingerprint density at radius 1 is 1.29 bits per heavy atom. The summed E-state index contributed by atoms with van der Waals surface area (Å²) in [5.74, 6) is -0.304. The highest BCUT2D eigenvalue weighted by atomic mass is 19.1. The maximum Gasteiger partial charge on any atom is 0.222 e. The molecule has 28 heavy (non-hydrogen) atoms. The van der Waals surface area contributed by atoms with Crippen molar-refractivity contribution in [3.63, 3.8) is 0 Å². The zero-order valence-corrected chi connectivity index (χ0v) is 16.0. The highest BCUT2D eigenvalue weighted by molar-refractivity contribution is 5.76. The number of hydrogen-bond donors (Lipinski definition) is 1. The number of aromatic nitrogens is 5. The quantitative estimate of drug-likeness (QED) is 0.736. The number of hydrogen-bond acceptors (Lipinski definition) is 4. The molecule has 0 bridgehead atoms. The van der Waals surface area contributed by atoms with Gasteiger partial charge in [-0.1, -0.05) is 13.8 Å². The molecule has 1 N–H and O–H groups in total. The highest BCUT2D eigenvalue weighted by Gasteiger charge is 2.35. The molecule has 0 radical (unpaired) electrons. The molecular formula is C20H23FN6O. The van der Waals surface area contributed by atoms with E-state index in [2.05, 4.69) is 34.3 Å². The first-order valence-electron chi connectivity index (χ1n) is 9.36. The molecule has 4 rings (SSSR count). The van der Waals surface area contributed by atoms with Gasteiger partial charge in [0.05, 0.1) is 30.2 Å². The van der Waals surface area contributed by atoms with Crippen molar-refractivity contribution in [2.75, 3.05) is 0 Å². The predicted molar refractivity (Wildman–Crippen MR) is 101 cm³/mol. The number of aryl methyl sites for hydroxylation is 1. The van der Waals surface area contributed by atoms with Gasteiger partial charge in [-0.2, -0.15) is 10.2 Å². The Labute approximate surface area is 162 Å². The molecule has 0 aliphatic heterocycles. The molecule has 1 amide bonds. The summed E-state index contributed by atoms with van der Waals surface area (Å²) in [6, 6.07) is 6.20. The van der Waals surface area contributed by atoms with Crippen molar-refractivity contribution >= 4 is 5.91 Å². The van der Waals surface area contributed by atoms with Gasteiger partial charge in [0, 0.05) is 12.0 Å². The van der Waals surface area contributed by atoms with Crippen molar-refractivity contribution < 1.29 is 9.18 Å². The van der Waals surface area contributed by atoms with Gasteiger partial charge >= 0.3 is 0 Å². The smallest absolute Gasteiger partial charge is 0.222 e. The molecule has 8 heteroatoms. The van der Waals surface area contributed by atoms with Crippen LogP contribution in [0.5, 0.6) is 0 Å². The Bertz CT molecular complexity index is 961. The second kappa shape index (κ2) is 7.18. The monoisotopic (exact) mass is 382 g/mol. The number of fused-ring (bicyclic) bond motifs is 1. The summed E-state index contributed by atoms with van der Waals surface area (Å²) in [6.45, 7) is 4.86. The molecule has 7 nitrogen and oxygen atoms in total. The van der Waals surface area contributed by atoms with Gasteiger partial charge in [-0.05, 0) is 42.5 Å². The van der Waals surface area contributed by atoms with Crippen molar-refractivity contribution in [3.05, 3.63) is 60.2 Å². The molecule has 1 aliphatic carbocycles. The molecule has 3 aromatic rings. The first kappa shape index (κ1) is 18.3. The van der Waals surface area contributed by atoms with Crippen LogP contribution in [0.15, 0.2) is 43.1 Å². The standard InChI is InChI=1S/C20H23FN6O/c1-20(2)9-17(25-19(28)7-8-26-13-22-12-24-26)16-11-23-27(18(16)10-20)15-5-3-14(21)4-6-15/h3-6,11-13,17H,7-10H2,1-2H3,(H,25,28)/t17-/m0/s1. The van der Waals surface area contributed by atoms with Gasteiger partial charge in [-0.25, -0.2) is 14.1 Å². The Hall–Kier alpha value is -3.03. The molecular weight excluding hydrogens is 359 g/mol. The van der Waals surface area contributed by atoms with Crippen LogP contribution in [0.4, 0.5) is 4.39 Å². The zero-order chi connectivity index (χ0) is 19.7. The van der Waals surface area contributed by atoms with Crippen LogP contribution in [0, 0.1) is 11.2 Å². The fraction of sp³-hybridized carbons (Fsp3) is 0.400. The average Bonchev–Trinajstić information content (AvgIpc) is 3.29. The lowest BCUT2D eigenvalue weighted by Gasteiger charge is -2.36. The van der Waals surface area contributed by atoms with Gasteiger partial charge < -0.3 is 5.32 Å². The van der Waals surface area contributed by atoms with Crippen molar-refractivity contribution in [1.82, 2.24) is 29.9 Å². The average molecular weight is 382 g/mol. The largest absolute Gasteiger partial charge is 0.349 e. The Morgan fingerprint density at radius 3 is 2.79 bits per heavy atom. The number of nitrogens with zero attached hydrogens (tertiary/aromatic N) is 5. The molecule has 1 aromatic carbocycles. The SMILES string of the molecule is CC1(C)Cc2c(cnn2-c2ccc(F)cc2)[C@@H](NC(=O)CCn2cncn2)C1. The van der Waals surface area contributed by atoms with Gasteiger partial charge in [0.15, 0.2) is 0 Å². The van der Waals surface area contributed by atoms with Crippen molar-refractivity contribution in [2.45, 2.75) is 45.7 Å². The molecule has 0 saturated heterocycles.